The Morgan fingerprint density at radius 2 is 1.74 bits per heavy atom. The number of amides is 3. The topological polar surface area (TPSA) is 97.0 Å². The Bertz CT molecular complexity index is 1270. The Morgan fingerprint density at radius 3 is 2.36 bits per heavy atom. The van der Waals surface area contributed by atoms with E-state index in [0.717, 1.165) is 37.0 Å². The molecule has 1 aliphatic carbocycles. The van der Waals surface area contributed by atoms with Crippen molar-refractivity contribution in [3.63, 3.8) is 0 Å². The van der Waals surface area contributed by atoms with Crippen LogP contribution in [0.4, 0.5) is 11.4 Å². The van der Waals surface area contributed by atoms with Gasteiger partial charge in [-0.05, 0) is 60.7 Å². The molecule has 3 amide bonds. The number of carbonyl (C=O) groups excluding carboxylic acids is 3. The molecule has 3 aromatic rings. The van der Waals surface area contributed by atoms with Crippen molar-refractivity contribution >= 4 is 40.4 Å². The van der Waals surface area contributed by atoms with E-state index in [1.165, 1.54) is 25.4 Å². The normalized spacial score (nSPS) is 14.2. The van der Waals surface area contributed by atoms with Crippen molar-refractivity contribution in [1.29, 1.82) is 0 Å². The molecule has 1 fully saturated rings. The summed E-state index contributed by atoms with van der Waals surface area (Å²) in [5, 5.41) is 7.90. The molecule has 1 saturated carbocycles. The van der Waals surface area contributed by atoms with Crippen molar-refractivity contribution in [3.05, 3.63) is 70.4 Å². The smallest absolute Gasteiger partial charge is 0.248 e. The minimum Gasteiger partial charge on any atom is -0.497 e. The number of thiophene rings is 1. The maximum Gasteiger partial charge on any atom is 0.248 e. The van der Waals surface area contributed by atoms with Gasteiger partial charge in [0.25, 0.3) is 0 Å². The molecule has 0 bridgehead atoms. The molecule has 0 saturated heterocycles. The van der Waals surface area contributed by atoms with Crippen molar-refractivity contribution in [2.45, 2.75) is 57.5 Å². The van der Waals surface area contributed by atoms with Crippen LogP contribution in [-0.2, 0) is 20.8 Å². The summed E-state index contributed by atoms with van der Waals surface area (Å²) in [7, 11) is 3.10. The first-order valence-corrected chi connectivity index (χ1v) is 14.0. The van der Waals surface area contributed by atoms with Crippen molar-refractivity contribution < 1.29 is 23.9 Å². The number of ether oxygens (including phenoxy) is 2. The average Bonchev–Trinajstić information content (AvgIpc) is 3.45. The van der Waals surface area contributed by atoms with Crippen LogP contribution < -0.4 is 25.0 Å². The molecule has 206 valence electrons. The van der Waals surface area contributed by atoms with Gasteiger partial charge in [0.1, 0.15) is 17.5 Å². The molecule has 1 aromatic heterocycles. The minimum absolute atomic E-state index is 0.0504. The summed E-state index contributed by atoms with van der Waals surface area (Å²) in [6, 6.07) is 15.1. The lowest BCUT2D eigenvalue weighted by molar-refractivity contribution is -0.127. The fraction of sp³-hybridized carbons (Fsp3) is 0.367. The molecule has 0 spiro atoms. The average molecular weight is 550 g/mol. The molecular weight excluding hydrogens is 514 g/mol. The maximum atomic E-state index is 14.1. The summed E-state index contributed by atoms with van der Waals surface area (Å²) in [5.41, 5.74) is 1.69. The standard InChI is InChI=1S/C30H35N3O5S/c1-20(34)31-22-11-13-23(14-12-22)33(28(35)19-25-10-7-17-39-25)29(30(36)32-21-8-5-4-6-9-21)26-16-15-24(37-2)18-27(26)38-3/h7,10-18,21,29H,4-6,8-9,19H2,1-3H3,(H,31,34)(H,32,36). The first-order valence-electron chi connectivity index (χ1n) is 13.1. The molecule has 9 heteroatoms. The lowest BCUT2D eigenvalue weighted by Crippen LogP contribution is -2.47. The molecule has 1 aliphatic rings. The molecule has 2 N–H and O–H groups in total. The highest BCUT2D eigenvalue weighted by molar-refractivity contribution is 7.10. The molecule has 8 nitrogen and oxygen atoms in total. The Hall–Kier alpha value is -3.85. The van der Waals surface area contributed by atoms with Crippen LogP contribution in [0.15, 0.2) is 60.0 Å². The lowest BCUT2D eigenvalue weighted by atomic mass is 9.94. The zero-order valence-corrected chi connectivity index (χ0v) is 23.4. The number of nitrogens with zero attached hydrogens (tertiary/aromatic N) is 1. The SMILES string of the molecule is COc1ccc(C(C(=O)NC2CCCCC2)N(C(=O)Cc2cccs2)c2ccc(NC(C)=O)cc2)c(OC)c1. The molecule has 1 unspecified atom stereocenters. The van der Waals surface area contributed by atoms with Gasteiger partial charge in [0, 0.05) is 40.8 Å². The van der Waals surface area contributed by atoms with Crippen LogP contribution in [0.3, 0.4) is 0 Å². The highest BCUT2D eigenvalue weighted by Gasteiger charge is 2.36. The van der Waals surface area contributed by atoms with E-state index in [1.807, 2.05) is 17.5 Å². The Morgan fingerprint density at radius 1 is 1.00 bits per heavy atom. The van der Waals surface area contributed by atoms with Crippen LogP contribution in [-0.4, -0.2) is 38.0 Å². The molecule has 1 heterocycles. The number of benzene rings is 2. The molecule has 2 aromatic carbocycles. The van der Waals surface area contributed by atoms with Gasteiger partial charge in [-0.25, -0.2) is 0 Å². The number of rotatable bonds is 10. The molecule has 39 heavy (non-hydrogen) atoms. The summed E-state index contributed by atoms with van der Waals surface area (Å²) >= 11 is 1.49. The van der Waals surface area contributed by atoms with Gasteiger partial charge in [0.2, 0.25) is 17.7 Å². The quantitative estimate of drug-likeness (QED) is 0.349. The van der Waals surface area contributed by atoms with Crippen LogP contribution in [0.5, 0.6) is 11.5 Å². The summed E-state index contributed by atoms with van der Waals surface area (Å²) in [4.78, 5) is 42.1. The van der Waals surface area contributed by atoms with Gasteiger partial charge in [-0.2, -0.15) is 0 Å². The van der Waals surface area contributed by atoms with E-state index in [-0.39, 0.29) is 30.2 Å². The van der Waals surface area contributed by atoms with Crippen LogP contribution in [0.25, 0.3) is 0 Å². The highest BCUT2D eigenvalue weighted by atomic mass is 32.1. The van der Waals surface area contributed by atoms with Crippen molar-refractivity contribution in [3.8, 4) is 11.5 Å². The second-order valence-corrected chi connectivity index (χ2v) is 10.6. The van der Waals surface area contributed by atoms with Gasteiger partial charge < -0.3 is 20.1 Å². The zero-order valence-electron chi connectivity index (χ0n) is 22.6. The predicted molar refractivity (Wildman–Crippen MR) is 154 cm³/mol. The fourth-order valence-electron chi connectivity index (χ4n) is 4.96. The van der Waals surface area contributed by atoms with Crippen LogP contribution in [0.2, 0.25) is 0 Å². The predicted octanol–water partition coefficient (Wildman–Crippen LogP) is 5.49. The van der Waals surface area contributed by atoms with Crippen LogP contribution in [0.1, 0.15) is 55.5 Å². The van der Waals surface area contributed by atoms with Gasteiger partial charge >= 0.3 is 0 Å². The summed E-state index contributed by atoms with van der Waals surface area (Å²) in [6.07, 6.45) is 5.24. The van der Waals surface area contributed by atoms with Crippen molar-refractivity contribution in [1.82, 2.24) is 5.32 Å². The Kier molecular flexibility index (Phi) is 9.59. The second-order valence-electron chi connectivity index (χ2n) is 9.60. The lowest BCUT2D eigenvalue weighted by Gasteiger charge is -2.34. The monoisotopic (exact) mass is 549 g/mol. The third-order valence-electron chi connectivity index (χ3n) is 6.83. The number of hydrogen-bond donors (Lipinski definition) is 2. The number of nitrogens with one attached hydrogen (secondary N) is 2. The van der Waals surface area contributed by atoms with Gasteiger partial charge in [-0.1, -0.05) is 25.3 Å². The van der Waals surface area contributed by atoms with Gasteiger partial charge in [0.05, 0.1) is 20.6 Å². The molecule has 0 aliphatic heterocycles. The first kappa shape index (κ1) is 28.2. The summed E-state index contributed by atoms with van der Waals surface area (Å²) < 4.78 is 11.1. The summed E-state index contributed by atoms with van der Waals surface area (Å²) in [5.74, 6) is 0.336. The number of anilines is 2. The fourth-order valence-corrected chi connectivity index (χ4v) is 5.66. The minimum atomic E-state index is -0.994. The third kappa shape index (κ3) is 7.17. The van der Waals surface area contributed by atoms with Gasteiger partial charge in [0.15, 0.2) is 0 Å². The molecule has 0 radical (unpaired) electrons. The molecule has 4 rings (SSSR count). The van der Waals surface area contributed by atoms with Crippen LogP contribution in [0, 0.1) is 0 Å². The number of methoxy groups -OCH3 is 2. The maximum absolute atomic E-state index is 14.1. The third-order valence-corrected chi connectivity index (χ3v) is 7.71. The van der Waals surface area contributed by atoms with E-state index < -0.39 is 6.04 Å². The molecular formula is C30H35N3O5S. The highest BCUT2D eigenvalue weighted by Crippen LogP contribution is 2.37. The van der Waals surface area contributed by atoms with Gasteiger partial charge in [-0.15, -0.1) is 11.3 Å². The van der Waals surface area contributed by atoms with E-state index in [1.54, 1.807) is 54.5 Å². The summed E-state index contributed by atoms with van der Waals surface area (Å²) in [6.45, 7) is 1.44. The second kappa shape index (κ2) is 13.3. The van der Waals surface area contributed by atoms with Crippen molar-refractivity contribution in [2.75, 3.05) is 24.4 Å². The van der Waals surface area contributed by atoms with E-state index in [4.69, 9.17) is 9.47 Å². The van der Waals surface area contributed by atoms with E-state index >= 15 is 0 Å². The van der Waals surface area contributed by atoms with Crippen molar-refractivity contribution in [2.24, 2.45) is 0 Å². The van der Waals surface area contributed by atoms with E-state index in [0.29, 0.717) is 28.4 Å². The number of hydrogen-bond acceptors (Lipinski definition) is 6. The number of carbonyl (C=O) groups is 3. The van der Waals surface area contributed by atoms with E-state index in [9.17, 15) is 14.4 Å². The Balaban J connectivity index is 1.81. The van der Waals surface area contributed by atoms with E-state index in [2.05, 4.69) is 10.6 Å². The zero-order chi connectivity index (χ0) is 27.8. The molecule has 1 atom stereocenters. The van der Waals surface area contributed by atoms with Crippen LogP contribution >= 0.6 is 11.3 Å². The Labute approximate surface area is 233 Å². The van der Waals surface area contributed by atoms with Gasteiger partial charge in [-0.3, -0.25) is 19.3 Å². The largest absolute Gasteiger partial charge is 0.497 e. The first-order chi connectivity index (χ1) is 18.9.